The highest BCUT2D eigenvalue weighted by Crippen LogP contribution is 2.07. The third-order valence-corrected chi connectivity index (χ3v) is 4.67. The third kappa shape index (κ3) is 6.77. The van der Waals surface area contributed by atoms with Crippen molar-refractivity contribution in [2.75, 3.05) is 11.5 Å². The summed E-state index contributed by atoms with van der Waals surface area (Å²) in [6, 6.07) is 10.1. The van der Waals surface area contributed by atoms with E-state index in [1.54, 1.807) is 0 Å². The van der Waals surface area contributed by atoms with Gasteiger partial charge in [-0.05, 0) is 38.2 Å². The Morgan fingerprint density at radius 2 is 1.78 bits per heavy atom. The summed E-state index contributed by atoms with van der Waals surface area (Å²) >= 11 is 0. The van der Waals surface area contributed by atoms with E-state index in [0.29, 0.717) is 6.42 Å². The minimum Gasteiger partial charge on any atom is -0.328 e. The summed E-state index contributed by atoms with van der Waals surface area (Å²) in [7, 11) is -2.91. The predicted molar refractivity (Wildman–Crippen MR) is 76.3 cm³/mol. The van der Waals surface area contributed by atoms with E-state index in [9.17, 15) is 8.42 Å². The Labute approximate surface area is 110 Å². The molecular formula is C14H23NO2S. The summed E-state index contributed by atoms with van der Waals surface area (Å²) in [6.07, 6.45) is 3.16. The molecule has 0 aromatic heterocycles. The molecule has 0 aliphatic rings. The standard InChI is InChI=1S/C14H23NO2S/c1-13(15)10-12-18(16,17)11-6-5-9-14-7-3-2-4-8-14/h2-4,7-8,13H,5-6,9-12,15H2,1H3. The van der Waals surface area contributed by atoms with Crippen LogP contribution in [0.2, 0.25) is 0 Å². The molecule has 0 amide bonds. The van der Waals surface area contributed by atoms with Crippen LogP contribution in [0.5, 0.6) is 0 Å². The first-order valence-electron chi connectivity index (χ1n) is 6.49. The van der Waals surface area contributed by atoms with Gasteiger partial charge in [0.25, 0.3) is 0 Å². The zero-order valence-corrected chi connectivity index (χ0v) is 11.8. The summed E-state index contributed by atoms with van der Waals surface area (Å²) in [4.78, 5) is 0. The minimum absolute atomic E-state index is 0.0379. The van der Waals surface area contributed by atoms with Gasteiger partial charge in [0.15, 0.2) is 0 Å². The van der Waals surface area contributed by atoms with Crippen LogP contribution in [-0.4, -0.2) is 26.0 Å². The topological polar surface area (TPSA) is 60.2 Å². The second kappa shape index (κ2) is 7.54. The fraction of sp³-hybridized carbons (Fsp3) is 0.571. The van der Waals surface area contributed by atoms with Gasteiger partial charge in [0, 0.05) is 6.04 Å². The summed E-state index contributed by atoms with van der Waals surface area (Å²) in [5, 5.41) is 0. The van der Waals surface area contributed by atoms with Gasteiger partial charge in [0.05, 0.1) is 11.5 Å². The number of nitrogens with two attached hydrogens (primary N) is 1. The van der Waals surface area contributed by atoms with Gasteiger partial charge >= 0.3 is 0 Å². The van der Waals surface area contributed by atoms with Gasteiger partial charge in [-0.15, -0.1) is 0 Å². The minimum atomic E-state index is -2.91. The average Bonchev–Trinajstić information content (AvgIpc) is 2.34. The van der Waals surface area contributed by atoms with E-state index < -0.39 is 9.84 Å². The van der Waals surface area contributed by atoms with E-state index in [0.717, 1.165) is 19.3 Å². The number of sulfone groups is 1. The highest BCUT2D eigenvalue weighted by molar-refractivity contribution is 7.91. The second-order valence-electron chi connectivity index (χ2n) is 4.86. The maximum Gasteiger partial charge on any atom is 0.150 e. The van der Waals surface area contributed by atoms with Crippen LogP contribution < -0.4 is 5.73 Å². The smallest absolute Gasteiger partial charge is 0.150 e. The molecule has 4 heteroatoms. The number of hydrogen-bond acceptors (Lipinski definition) is 3. The molecule has 102 valence electrons. The van der Waals surface area contributed by atoms with Crippen LogP contribution in [0.1, 0.15) is 31.7 Å². The lowest BCUT2D eigenvalue weighted by Gasteiger charge is -2.06. The highest BCUT2D eigenvalue weighted by Gasteiger charge is 2.11. The number of benzene rings is 1. The van der Waals surface area contributed by atoms with Gasteiger partial charge in [0.1, 0.15) is 9.84 Å². The number of rotatable bonds is 8. The Kier molecular flexibility index (Phi) is 6.36. The Morgan fingerprint density at radius 3 is 2.39 bits per heavy atom. The molecule has 0 aliphatic carbocycles. The van der Waals surface area contributed by atoms with E-state index >= 15 is 0 Å². The van der Waals surface area contributed by atoms with E-state index in [2.05, 4.69) is 12.1 Å². The van der Waals surface area contributed by atoms with E-state index in [1.807, 2.05) is 25.1 Å². The van der Waals surface area contributed by atoms with Crippen LogP contribution in [0.4, 0.5) is 0 Å². The monoisotopic (exact) mass is 269 g/mol. The maximum atomic E-state index is 11.7. The zero-order valence-electron chi connectivity index (χ0n) is 11.0. The molecule has 0 radical (unpaired) electrons. The third-order valence-electron chi connectivity index (χ3n) is 2.90. The van der Waals surface area contributed by atoms with Gasteiger partial charge in [-0.25, -0.2) is 8.42 Å². The predicted octanol–water partition coefficient (Wildman–Crippen LogP) is 2.16. The van der Waals surface area contributed by atoms with Gasteiger partial charge in [0.2, 0.25) is 0 Å². The Balaban J connectivity index is 2.21. The lowest BCUT2D eigenvalue weighted by Crippen LogP contribution is -2.21. The van der Waals surface area contributed by atoms with E-state index in [-0.39, 0.29) is 17.5 Å². The van der Waals surface area contributed by atoms with Crippen molar-refractivity contribution in [2.45, 2.75) is 38.6 Å². The van der Waals surface area contributed by atoms with Crippen molar-refractivity contribution >= 4 is 9.84 Å². The quantitative estimate of drug-likeness (QED) is 0.736. The van der Waals surface area contributed by atoms with Crippen LogP contribution >= 0.6 is 0 Å². The molecule has 1 unspecified atom stereocenters. The van der Waals surface area contributed by atoms with Crippen molar-refractivity contribution in [3.8, 4) is 0 Å². The molecule has 0 heterocycles. The lowest BCUT2D eigenvalue weighted by atomic mass is 10.1. The molecule has 1 aromatic carbocycles. The summed E-state index contributed by atoms with van der Waals surface area (Å²) in [6.45, 7) is 1.84. The van der Waals surface area contributed by atoms with Crippen LogP contribution in [0.3, 0.4) is 0 Å². The maximum absolute atomic E-state index is 11.7. The Bertz CT molecular complexity index is 426. The second-order valence-corrected chi connectivity index (χ2v) is 7.16. The number of unbranched alkanes of at least 4 members (excludes halogenated alkanes) is 1. The molecule has 2 N–H and O–H groups in total. The van der Waals surface area contributed by atoms with Crippen LogP contribution in [0.15, 0.2) is 30.3 Å². The summed E-state index contributed by atoms with van der Waals surface area (Å²) in [5.41, 5.74) is 6.83. The Hall–Kier alpha value is -0.870. The van der Waals surface area contributed by atoms with Crippen molar-refractivity contribution in [1.29, 1.82) is 0 Å². The molecule has 0 spiro atoms. The molecule has 1 aromatic rings. The van der Waals surface area contributed by atoms with E-state index in [4.69, 9.17) is 5.73 Å². The Morgan fingerprint density at radius 1 is 1.11 bits per heavy atom. The van der Waals surface area contributed by atoms with Crippen molar-refractivity contribution in [3.63, 3.8) is 0 Å². The van der Waals surface area contributed by atoms with Crippen LogP contribution in [0, 0.1) is 0 Å². The molecule has 0 saturated heterocycles. The molecule has 18 heavy (non-hydrogen) atoms. The normalized spacial score (nSPS) is 13.4. The van der Waals surface area contributed by atoms with E-state index in [1.165, 1.54) is 5.56 Å². The van der Waals surface area contributed by atoms with Crippen LogP contribution in [0.25, 0.3) is 0 Å². The van der Waals surface area contributed by atoms with Crippen molar-refractivity contribution < 1.29 is 8.42 Å². The molecule has 0 saturated carbocycles. The fourth-order valence-corrected chi connectivity index (χ4v) is 3.34. The lowest BCUT2D eigenvalue weighted by molar-refractivity contribution is 0.583. The number of hydrogen-bond donors (Lipinski definition) is 1. The highest BCUT2D eigenvalue weighted by atomic mass is 32.2. The molecule has 1 rings (SSSR count). The van der Waals surface area contributed by atoms with Gasteiger partial charge in [-0.1, -0.05) is 30.3 Å². The van der Waals surface area contributed by atoms with Gasteiger partial charge < -0.3 is 5.73 Å². The molecule has 3 nitrogen and oxygen atoms in total. The first-order valence-corrected chi connectivity index (χ1v) is 8.32. The zero-order chi connectivity index (χ0) is 13.4. The first-order chi connectivity index (χ1) is 8.49. The van der Waals surface area contributed by atoms with Gasteiger partial charge in [-0.3, -0.25) is 0 Å². The summed E-state index contributed by atoms with van der Waals surface area (Å²) < 4.78 is 23.4. The van der Waals surface area contributed by atoms with Crippen molar-refractivity contribution in [2.24, 2.45) is 5.73 Å². The summed E-state index contributed by atoms with van der Waals surface area (Å²) in [5.74, 6) is 0.503. The van der Waals surface area contributed by atoms with Crippen molar-refractivity contribution in [3.05, 3.63) is 35.9 Å². The SMILES string of the molecule is CC(N)CCS(=O)(=O)CCCCc1ccccc1. The molecule has 0 fully saturated rings. The average molecular weight is 269 g/mol. The first kappa shape index (κ1) is 15.2. The fourth-order valence-electron chi connectivity index (χ4n) is 1.76. The molecule has 0 aliphatic heterocycles. The molecule has 1 atom stereocenters. The van der Waals surface area contributed by atoms with Crippen molar-refractivity contribution in [1.82, 2.24) is 0 Å². The number of aryl methyl sites for hydroxylation is 1. The molecule has 0 bridgehead atoms. The van der Waals surface area contributed by atoms with Crippen LogP contribution in [-0.2, 0) is 16.3 Å². The molecular weight excluding hydrogens is 246 g/mol. The van der Waals surface area contributed by atoms with Gasteiger partial charge in [-0.2, -0.15) is 0 Å². The largest absolute Gasteiger partial charge is 0.328 e.